The van der Waals surface area contributed by atoms with Gasteiger partial charge in [-0.3, -0.25) is 10.1 Å². The van der Waals surface area contributed by atoms with E-state index in [0.29, 0.717) is 0 Å². The molecule has 0 bridgehead atoms. The molecule has 0 saturated heterocycles. The van der Waals surface area contributed by atoms with Gasteiger partial charge in [-0.25, -0.2) is 4.79 Å². The molecule has 0 atom stereocenters. The lowest BCUT2D eigenvalue weighted by molar-refractivity contribution is -0.118. The summed E-state index contributed by atoms with van der Waals surface area (Å²) >= 11 is 0. The Morgan fingerprint density at radius 2 is 1.68 bits per heavy atom. The van der Waals surface area contributed by atoms with Gasteiger partial charge in [0.15, 0.2) is 0 Å². The zero-order valence-corrected chi connectivity index (χ0v) is 12.2. The minimum Gasteiger partial charge on any atom is -0.374 e. The second kappa shape index (κ2) is 7.12. The van der Waals surface area contributed by atoms with Crippen molar-refractivity contribution in [3.63, 3.8) is 0 Å². The van der Waals surface area contributed by atoms with Gasteiger partial charge in [-0.05, 0) is 24.3 Å². The number of benzene rings is 2. The molecular formula is C16H18N4O2. The minimum atomic E-state index is -0.860. The first-order chi connectivity index (χ1) is 10.6. The molecule has 0 fully saturated rings. The number of rotatable bonds is 5. The first-order valence-corrected chi connectivity index (χ1v) is 6.79. The number of anilines is 3. The lowest BCUT2D eigenvalue weighted by atomic mass is 10.2. The van der Waals surface area contributed by atoms with Gasteiger partial charge in [0.2, 0.25) is 5.91 Å². The van der Waals surface area contributed by atoms with Gasteiger partial charge in [0.05, 0.1) is 17.9 Å². The quantitative estimate of drug-likeness (QED) is 0.788. The van der Waals surface area contributed by atoms with E-state index in [0.717, 1.165) is 17.1 Å². The molecular weight excluding hydrogens is 280 g/mol. The number of nitrogens with one attached hydrogen (secondary N) is 2. The maximum Gasteiger partial charge on any atom is 0.318 e. The number of imide groups is 1. The van der Waals surface area contributed by atoms with E-state index >= 15 is 0 Å². The Balaban J connectivity index is 2.13. The van der Waals surface area contributed by atoms with Crippen LogP contribution in [0.4, 0.5) is 21.9 Å². The number of hydrogen-bond acceptors (Lipinski definition) is 4. The van der Waals surface area contributed by atoms with Crippen molar-refractivity contribution in [2.45, 2.75) is 0 Å². The summed E-state index contributed by atoms with van der Waals surface area (Å²) in [7, 11) is 1.94. The number of carbonyl (C=O) groups excluding carboxylic acids is 2. The van der Waals surface area contributed by atoms with Crippen LogP contribution in [0.3, 0.4) is 0 Å². The highest BCUT2D eigenvalue weighted by Crippen LogP contribution is 2.30. The molecule has 0 aliphatic heterocycles. The molecule has 0 radical (unpaired) electrons. The van der Waals surface area contributed by atoms with Crippen LogP contribution in [0.5, 0.6) is 0 Å². The van der Waals surface area contributed by atoms with Crippen LogP contribution in [0.15, 0.2) is 54.6 Å². The van der Waals surface area contributed by atoms with Crippen molar-refractivity contribution in [2.75, 3.05) is 23.8 Å². The zero-order valence-electron chi connectivity index (χ0n) is 12.2. The number of primary amides is 1. The SMILES string of the molecule is CN(c1ccccc1)c1ccccc1NCC(=O)NC(N)=O. The first kappa shape index (κ1) is 15.4. The van der Waals surface area contributed by atoms with Gasteiger partial charge in [-0.15, -0.1) is 0 Å². The number of nitrogens with zero attached hydrogens (tertiary/aromatic N) is 1. The molecule has 3 amide bonds. The van der Waals surface area contributed by atoms with Crippen LogP contribution in [-0.4, -0.2) is 25.5 Å². The molecule has 0 saturated carbocycles. The summed E-state index contributed by atoms with van der Waals surface area (Å²) in [6.07, 6.45) is 0. The van der Waals surface area contributed by atoms with Crippen LogP contribution >= 0.6 is 0 Å². The van der Waals surface area contributed by atoms with Crippen LogP contribution in [0, 0.1) is 0 Å². The van der Waals surface area contributed by atoms with E-state index in [1.165, 1.54) is 0 Å². The third-order valence-corrected chi connectivity index (χ3v) is 3.11. The second-order valence-electron chi connectivity index (χ2n) is 4.68. The van der Waals surface area contributed by atoms with Crippen LogP contribution < -0.4 is 21.3 Å². The van der Waals surface area contributed by atoms with Crippen molar-refractivity contribution in [2.24, 2.45) is 5.73 Å². The van der Waals surface area contributed by atoms with Crippen molar-refractivity contribution < 1.29 is 9.59 Å². The molecule has 2 aromatic carbocycles. The van der Waals surface area contributed by atoms with Crippen molar-refractivity contribution >= 4 is 29.0 Å². The van der Waals surface area contributed by atoms with Crippen molar-refractivity contribution in [1.82, 2.24) is 5.32 Å². The number of amides is 3. The third kappa shape index (κ3) is 3.99. The average molecular weight is 298 g/mol. The largest absolute Gasteiger partial charge is 0.374 e. The molecule has 0 aliphatic carbocycles. The fraction of sp³-hybridized carbons (Fsp3) is 0.125. The van der Waals surface area contributed by atoms with E-state index in [9.17, 15) is 9.59 Å². The molecule has 0 heterocycles. The van der Waals surface area contributed by atoms with Gasteiger partial charge in [0.1, 0.15) is 0 Å². The van der Waals surface area contributed by atoms with Crippen LogP contribution in [0.25, 0.3) is 0 Å². The Bertz CT molecular complexity index is 658. The fourth-order valence-corrected chi connectivity index (χ4v) is 2.06. The lowest BCUT2D eigenvalue weighted by Crippen LogP contribution is -2.38. The summed E-state index contributed by atoms with van der Waals surface area (Å²) < 4.78 is 0. The smallest absolute Gasteiger partial charge is 0.318 e. The number of para-hydroxylation sites is 3. The highest BCUT2D eigenvalue weighted by atomic mass is 16.2. The van der Waals surface area contributed by atoms with E-state index < -0.39 is 11.9 Å². The molecule has 2 rings (SSSR count). The molecule has 0 aromatic heterocycles. The van der Waals surface area contributed by atoms with Crippen LogP contribution in [0.2, 0.25) is 0 Å². The normalized spacial score (nSPS) is 9.86. The van der Waals surface area contributed by atoms with Crippen LogP contribution in [0.1, 0.15) is 0 Å². The average Bonchev–Trinajstić information content (AvgIpc) is 2.53. The predicted molar refractivity (Wildman–Crippen MR) is 87.2 cm³/mol. The molecule has 6 heteroatoms. The number of nitrogens with two attached hydrogens (primary N) is 1. The molecule has 0 unspecified atom stereocenters. The highest BCUT2D eigenvalue weighted by Gasteiger charge is 2.10. The molecule has 6 nitrogen and oxygen atoms in total. The lowest BCUT2D eigenvalue weighted by Gasteiger charge is -2.23. The topological polar surface area (TPSA) is 87.5 Å². The first-order valence-electron chi connectivity index (χ1n) is 6.79. The summed E-state index contributed by atoms with van der Waals surface area (Å²) in [5, 5.41) is 5.02. The van der Waals surface area contributed by atoms with Gasteiger partial charge in [-0.1, -0.05) is 30.3 Å². The van der Waals surface area contributed by atoms with Gasteiger partial charge in [-0.2, -0.15) is 0 Å². The Morgan fingerprint density at radius 1 is 1.05 bits per heavy atom. The zero-order chi connectivity index (χ0) is 15.9. The summed E-state index contributed by atoms with van der Waals surface area (Å²) in [6, 6.07) is 16.6. The molecule has 4 N–H and O–H groups in total. The Kier molecular flexibility index (Phi) is 4.98. The van der Waals surface area contributed by atoms with E-state index in [2.05, 4.69) is 5.32 Å². The standard InChI is InChI=1S/C16H18N4O2/c1-20(12-7-3-2-4-8-12)14-10-6-5-9-13(14)18-11-15(21)19-16(17)22/h2-10,18H,11H2,1H3,(H3,17,19,21,22). The Labute approximate surface area is 128 Å². The van der Waals surface area contributed by atoms with Crippen molar-refractivity contribution in [1.29, 1.82) is 0 Å². The monoisotopic (exact) mass is 298 g/mol. The van der Waals surface area contributed by atoms with E-state index in [1.807, 2.05) is 71.9 Å². The fourth-order valence-electron chi connectivity index (χ4n) is 2.06. The van der Waals surface area contributed by atoms with Gasteiger partial charge >= 0.3 is 6.03 Å². The maximum atomic E-state index is 11.5. The Morgan fingerprint density at radius 3 is 2.36 bits per heavy atom. The number of hydrogen-bond donors (Lipinski definition) is 3. The summed E-state index contributed by atoms with van der Waals surface area (Å²) in [5.74, 6) is -0.482. The van der Waals surface area contributed by atoms with Gasteiger partial charge in [0.25, 0.3) is 0 Å². The van der Waals surface area contributed by atoms with E-state index in [1.54, 1.807) is 0 Å². The predicted octanol–water partition coefficient (Wildman–Crippen LogP) is 2.06. The summed E-state index contributed by atoms with van der Waals surface area (Å²) in [6.45, 7) is -0.0391. The summed E-state index contributed by atoms with van der Waals surface area (Å²) in [4.78, 5) is 24.1. The van der Waals surface area contributed by atoms with Crippen molar-refractivity contribution in [3.8, 4) is 0 Å². The maximum absolute atomic E-state index is 11.5. The highest BCUT2D eigenvalue weighted by molar-refractivity contribution is 5.96. The molecule has 2 aromatic rings. The summed E-state index contributed by atoms with van der Waals surface area (Å²) in [5.41, 5.74) is 7.64. The second-order valence-corrected chi connectivity index (χ2v) is 4.68. The molecule has 0 spiro atoms. The number of carbonyl (C=O) groups is 2. The number of urea groups is 1. The van der Waals surface area contributed by atoms with Crippen molar-refractivity contribution in [3.05, 3.63) is 54.6 Å². The molecule has 114 valence electrons. The minimum absolute atomic E-state index is 0.0391. The Hall–Kier alpha value is -3.02. The third-order valence-electron chi connectivity index (χ3n) is 3.11. The van der Waals surface area contributed by atoms with Gasteiger partial charge in [0, 0.05) is 12.7 Å². The molecule has 22 heavy (non-hydrogen) atoms. The molecule has 0 aliphatic rings. The van der Waals surface area contributed by atoms with E-state index in [-0.39, 0.29) is 6.54 Å². The van der Waals surface area contributed by atoms with Crippen LogP contribution in [-0.2, 0) is 4.79 Å². The van der Waals surface area contributed by atoms with Gasteiger partial charge < -0.3 is 16.0 Å². The van der Waals surface area contributed by atoms with E-state index in [4.69, 9.17) is 5.73 Å².